The minimum absolute atomic E-state index is 0.0404. The highest BCUT2D eigenvalue weighted by molar-refractivity contribution is 7.18. The van der Waals surface area contributed by atoms with Gasteiger partial charge < -0.3 is 5.32 Å². The maximum Gasteiger partial charge on any atom is 0.217 e. The van der Waals surface area contributed by atoms with Crippen LogP contribution in [0.25, 0.3) is 0 Å². The molecule has 0 rings (SSSR count). The molecule has 0 saturated heterocycles. The summed E-state index contributed by atoms with van der Waals surface area (Å²) >= 11 is 0. The Morgan fingerprint density at radius 3 is 2.55 bits per heavy atom. The molecule has 2 nitrogen and oxygen atoms in total. The van der Waals surface area contributed by atoms with Crippen molar-refractivity contribution < 1.29 is 4.79 Å². The summed E-state index contributed by atoms with van der Waals surface area (Å²) < 4.78 is 0. The maximum absolute atomic E-state index is 10.7. The molecule has 0 aromatic carbocycles. The molecule has 0 aromatic rings. The van der Waals surface area contributed by atoms with E-state index in [-0.39, 0.29) is 11.2 Å². The van der Waals surface area contributed by atoms with Crippen LogP contribution >= 0.6 is 9.24 Å². The second kappa shape index (κ2) is 4.71. The average molecular weight is 175 g/mol. The van der Waals surface area contributed by atoms with Gasteiger partial charge in [-0.05, 0) is 13.3 Å². The second-order valence-electron chi connectivity index (χ2n) is 3.20. The maximum atomic E-state index is 10.7. The predicted octanol–water partition coefficient (Wildman–Crippen LogP) is 1.90. The van der Waals surface area contributed by atoms with Gasteiger partial charge in [-0.1, -0.05) is 19.8 Å². The summed E-state index contributed by atoms with van der Waals surface area (Å²) in [5.41, 5.74) is 0. The largest absolute Gasteiger partial charge is 0.348 e. The molecule has 0 radical (unpaired) electrons. The standard InChI is InChI=1S/C8H18NOP/c1-4-5-6-8(3,11)9-7(2)10/h4-6,11H2,1-3H3,(H,9,10). The van der Waals surface area contributed by atoms with Crippen molar-refractivity contribution in [1.29, 1.82) is 0 Å². The van der Waals surface area contributed by atoms with Gasteiger partial charge in [0.05, 0.1) is 5.28 Å². The lowest BCUT2D eigenvalue weighted by Crippen LogP contribution is -2.39. The smallest absolute Gasteiger partial charge is 0.217 e. The lowest BCUT2D eigenvalue weighted by atomic mass is 10.1. The fourth-order valence-corrected chi connectivity index (χ4v) is 1.42. The second-order valence-corrected chi connectivity index (χ2v) is 4.48. The number of unbranched alkanes of at least 4 members (excludes halogenated alkanes) is 1. The molecule has 0 spiro atoms. The molecule has 0 saturated carbocycles. The van der Waals surface area contributed by atoms with Gasteiger partial charge in [0.1, 0.15) is 0 Å². The fraction of sp³-hybridized carbons (Fsp3) is 0.875. The fourth-order valence-electron chi connectivity index (χ4n) is 1.01. The number of carbonyl (C=O) groups is 1. The van der Waals surface area contributed by atoms with Crippen molar-refractivity contribution in [1.82, 2.24) is 5.32 Å². The Morgan fingerprint density at radius 1 is 1.64 bits per heavy atom. The van der Waals surface area contributed by atoms with Crippen LogP contribution in [0.4, 0.5) is 0 Å². The van der Waals surface area contributed by atoms with E-state index in [4.69, 9.17) is 0 Å². The molecule has 11 heavy (non-hydrogen) atoms. The van der Waals surface area contributed by atoms with Crippen molar-refractivity contribution in [2.45, 2.75) is 45.3 Å². The van der Waals surface area contributed by atoms with Gasteiger partial charge in [-0.2, -0.15) is 0 Å². The normalized spacial score (nSPS) is 15.6. The quantitative estimate of drug-likeness (QED) is 0.649. The third-order valence-electron chi connectivity index (χ3n) is 1.51. The summed E-state index contributed by atoms with van der Waals surface area (Å²) in [5, 5.41) is 2.77. The van der Waals surface area contributed by atoms with E-state index in [0.29, 0.717) is 0 Å². The minimum atomic E-state index is -0.109. The van der Waals surface area contributed by atoms with Gasteiger partial charge in [0, 0.05) is 6.92 Å². The summed E-state index contributed by atoms with van der Waals surface area (Å²) in [6.45, 7) is 5.72. The Kier molecular flexibility index (Phi) is 4.67. The Bertz CT molecular complexity index is 134. The third-order valence-corrected chi connectivity index (χ3v) is 1.94. The van der Waals surface area contributed by atoms with Crippen LogP contribution in [0.15, 0.2) is 0 Å². The van der Waals surface area contributed by atoms with Crippen molar-refractivity contribution in [3.8, 4) is 0 Å². The van der Waals surface area contributed by atoms with Crippen molar-refractivity contribution in [2.75, 3.05) is 0 Å². The summed E-state index contributed by atoms with van der Waals surface area (Å²) in [5.74, 6) is 0.0404. The molecule has 2 atom stereocenters. The minimum Gasteiger partial charge on any atom is -0.348 e. The van der Waals surface area contributed by atoms with E-state index in [1.807, 2.05) is 6.92 Å². The molecule has 0 aliphatic heterocycles. The molecule has 3 heteroatoms. The van der Waals surface area contributed by atoms with Crippen LogP contribution < -0.4 is 5.32 Å². The number of carbonyl (C=O) groups excluding carboxylic acids is 1. The average Bonchev–Trinajstić information content (AvgIpc) is 1.81. The van der Waals surface area contributed by atoms with Gasteiger partial charge in [0.15, 0.2) is 0 Å². The monoisotopic (exact) mass is 175 g/mol. The lowest BCUT2D eigenvalue weighted by Gasteiger charge is -2.24. The molecular weight excluding hydrogens is 157 g/mol. The molecule has 66 valence electrons. The highest BCUT2D eigenvalue weighted by atomic mass is 31.0. The Hall–Kier alpha value is -0.100. The zero-order valence-corrected chi connectivity index (χ0v) is 8.76. The zero-order valence-electron chi connectivity index (χ0n) is 7.61. The van der Waals surface area contributed by atoms with Crippen molar-refractivity contribution in [2.24, 2.45) is 0 Å². The van der Waals surface area contributed by atoms with Gasteiger partial charge in [-0.3, -0.25) is 4.79 Å². The Labute approximate surface area is 71.3 Å². The van der Waals surface area contributed by atoms with E-state index in [2.05, 4.69) is 21.5 Å². The number of rotatable bonds is 4. The molecule has 1 amide bonds. The Balaban J connectivity index is 3.70. The summed E-state index contributed by atoms with van der Waals surface area (Å²) in [7, 11) is 2.68. The van der Waals surface area contributed by atoms with Crippen LogP contribution in [0.5, 0.6) is 0 Å². The van der Waals surface area contributed by atoms with E-state index >= 15 is 0 Å². The molecule has 0 heterocycles. The highest BCUT2D eigenvalue weighted by Crippen LogP contribution is 2.20. The molecule has 1 N–H and O–H groups in total. The molecule has 0 aliphatic rings. The van der Waals surface area contributed by atoms with Gasteiger partial charge in [0.2, 0.25) is 5.91 Å². The molecule has 0 aliphatic carbocycles. The van der Waals surface area contributed by atoms with Crippen LogP contribution in [0, 0.1) is 0 Å². The van der Waals surface area contributed by atoms with E-state index in [1.165, 1.54) is 6.42 Å². The van der Waals surface area contributed by atoms with E-state index in [9.17, 15) is 4.79 Å². The number of amides is 1. The highest BCUT2D eigenvalue weighted by Gasteiger charge is 2.17. The molecular formula is C8H18NOP. The van der Waals surface area contributed by atoms with Crippen LogP contribution in [0.1, 0.15) is 40.0 Å². The topological polar surface area (TPSA) is 29.1 Å². The summed E-state index contributed by atoms with van der Waals surface area (Å²) in [6.07, 6.45) is 3.34. The van der Waals surface area contributed by atoms with Crippen molar-refractivity contribution >= 4 is 15.1 Å². The summed E-state index contributed by atoms with van der Waals surface area (Å²) in [4.78, 5) is 10.7. The van der Waals surface area contributed by atoms with Crippen LogP contribution in [-0.2, 0) is 4.79 Å². The van der Waals surface area contributed by atoms with E-state index < -0.39 is 0 Å². The first-order valence-electron chi connectivity index (χ1n) is 4.05. The third kappa shape index (κ3) is 6.30. The SMILES string of the molecule is CCCCC(C)(P)NC(C)=O. The number of hydrogen-bond donors (Lipinski definition) is 1. The van der Waals surface area contributed by atoms with Crippen LogP contribution in [0.3, 0.4) is 0 Å². The van der Waals surface area contributed by atoms with E-state index in [0.717, 1.165) is 12.8 Å². The molecule has 0 fully saturated rings. The van der Waals surface area contributed by atoms with E-state index in [1.54, 1.807) is 6.92 Å². The first kappa shape index (κ1) is 10.9. The van der Waals surface area contributed by atoms with Gasteiger partial charge >= 0.3 is 0 Å². The van der Waals surface area contributed by atoms with Gasteiger partial charge in [-0.15, -0.1) is 9.24 Å². The zero-order chi connectivity index (χ0) is 8.91. The molecule has 0 aromatic heterocycles. The van der Waals surface area contributed by atoms with Crippen molar-refractivity contribution in [3.63, 3.8) is 0 Å². The number of nitrogens with one attached hydrogen (secondary N) is 1. The summed E-state index contributed by atoms with van der Waals surface area (Å²) in [6, 6.07) is 0. The van der Waals surface area contributed by atoms with Crippen LogP contribution in [0.2, 0.25) is 0 Å². The van der Waals surface area contributed by atoms with Gasteiger partial charge in [0.25, 0.3) is 0 Å². The van der Waals surface area contributed by atoms with Gasteiger partial charge in [-0.25, -0.2) is 0 Å². The predicted molar refractivity (Wildman–Crippen MR) is 51.5 cm³/mol. The Morgan fingerprint density at radius 2 is 2.18 bits per heavy atom. The lowest BCUT2D eigenvalue weighted by molar-refractivity contribution is -0.119. The molecule has 2 unspecified atom stereocenters. The first-order chi connectivity index (χ1) is 4.98. The molecule has 0 bridgehead atoms. The first-order valence-corrected chi connectivity index (χ1v) is 4.63. The van der Waals surface area contributed by atoms with Crippen LogP contribution in [-0.4, -0.2) is 11.2 Å². The van der Waals surface area contributed by atoms with Crippen molar-refractivity contribution in [3.05, 3.63) is 0 Å². The number of hydrogen-bond acceptors (Lipinski definition) is 1.